The highest BCUT2D eigenvalue weighted by Crippen LogP contribution is 2.33. The van der Waals surface area contributed by atoms with Gasteiger partial charge in [0.1, 0.15) is 0 Å². The van der Waals surface area contributed by atoms with Crippen molar-refractivity contribution in [2.75, 3.05) is 5.32 Å². The third-order valence-electron chi connectivity index (χ3n) is 4.03. The number of carbonyl (C=O) groups is 1. The second-order valence-electron chi connectivity index (χ2n) is 6.61. The molecule has 0 aliphatic heterocycles. The van der Waals surface area contributed by atoms with Crippen molar-refractivity contribution in [3.05, 3.63) is 59.7 Å². The lowest BCUT2D eigenvalue weighted by Gasteiger charge is -2.17. The lowest BCUT2D eigenvalue weighted by molar-refractivity contribution is -0.139. The first kappa shape index (κ1) is 21.9. The minimum atomic E-state index is -4.84. The number of benzene rings is 2. The molecule has 0 saturated heterocycles. The lowest BCUT2D eigenvalue weighted by atomic mass is 10.0. The SMILES string of the molecule is CC(NS(=O)(=O)c1ccccc1C(F)(F)F)C(=O)Nc1cccc(C(C)C)c1. The molecule has 5 nitrogen and oxygen atoms in total. The van der Waals surface area contributed by atoms with E-state index in [1.165, 1.54) is 13.0 Å². The predicted molar refractivity (Wildman–Crippen MR) is 100 cm³/mol. The van der Waals surface area contributed by atoms with Crippen molar-refractivity contribution >= 4 is 21.6 Å². The van der Waals surface area contributed by atoms with Gasteiger partial charge in [0.05, 0.1) is 16.5 Å². The molecular formula is C19H21F3N2O3S. The Hall–Kier alpha value is -2.39. The maximum atomic E-state index is 13.1. The van der Waals surface area contributed by atoms with Crippen LogP contribution in [0, 0.1) is 0 Å². The summed E-state index contributed by atoms with van der Waals surface area (Å²) in [7, 11) is -4.56. The monoisotopic (exact) mass is 414 g/mol. The number of anilines is 1. The summed E-state index contributed by atoms with van der Waals surface area (Å²) in [5.41, 5.74) is 0.155. The number of nitrogens with one attached hydrogen (secondary N) is 2. The van der Waals surface area contributed by atoms with E-state index in [1.807, 2.05) is 24.6 Å². The Labute approximate surface area is 162 Å². The molecule has 28 heavy (non-hydrogen) atoms. The van der Waals surface area contributed by atoms with Crippen LogP contribution in [-0.2, 0) is 21.0 Å². The number of hydrogen-bond acceptors (Lipinski definition) is 3. The van der Waals surface area contributed by atoms with Gasteiger partial charge in [-0.05, 0) is 42.7 Å². The third kappa shape index (κ3) is 5.32. The highest BCUT2D eigenvalue weighted by molar-refractivity contribution is 7.89. The molecule has 0 radical (unpaired) electrons. The summed E-state index contributed by atoms with van der Waals surface area (Å²) in [6, 6.07) is 9.56. The van der Waals surface area contributed by atoms with Crippen LogP contribution >= 0.6 is 0 Å². The average molecular weight is 414 g/mol. The van der Waals surface area contributed by atoms with E-state index in [4.69, 9.17) is 0 Å². The molecule has 2 rings (SSSR count). The Morgan fingerprint density at radius 3 is 2.25 bits per heavy atom. The molecule has 0 spiro atoms. The van der Waals surface area contributed by atoms with Gasteiger partial charge in [-0.3, -0.25) is 4.79 Å². The molecule has 0 fully saturated rings. The van der Waals surface area contributed by atoms with Crippen LogP contribution in [0.3, 0.4) is 0 Å². The van der Waals surface area contributed by atoms with Gasteiger partial charge in [-0.2, -0.15) is 17.9 Å². The Morgan fingerprint density at radius 1 is 1.00 bits per heavy atom. The van der Waals surface area contributed by atoms with Crippen molar-refractivity contribution in [2.24, 2.45) is 0 Å². The van der Waals surface area contributed by atoms with Crippen molar-refractivity contribution in [1.82, 2.24) is 4.72 Å². The van der Waals surface area contributed by atoms with E-state index in [2.05, 4.69) is 5.32 Å². The van der Waals surface area contributed by atoms with Gasteiger partial charge in [-0.1, -0.05) is 38.1 Å². The molecule has 2 aromatic carbocycles. The normalized spacial score (nSPS) is 13.4. The summed E-state index contributed by atoms with van der Waals surface area (Å²) >= 11 is 0. The minimum Gasteiger partial charge on any atom is -0.325 e. The molecule has 1 unspecified atom stereocenters. The quantitative estimate of drug-likeness (QED) is 0.746. The molecule has 0 aromatic heterocycles. The summed E-state index contributed by atoms with van der Waals surface area (Å²) in [5.74, 6) is -0.458. The summed E-state index contributed by atoms with van der Waals surface area (Å²) in [5, 5.41) is 2.57. The highest BCUT2D eigenvalue weighted by Gasteiger charge is 2.37. The molecule has 0 aliphatic rings. The smallest absolute Gasteiger partial charge is 0.325 e. The number of alkyl halides is 3. The number of carbonyl (C=O) groups excluding carboxylic acids is 1. The summed E-state index contributed by atoms with van der Waals surface area (Å²) in [6.45, 7) is 5.22. The van der Waals surface area contributed by atoms with E-state index in [-0.39, 0.29) is 5.92 Å². The van der Waals surface area contributed by atoms with Gasteiger partial charge in [0.15, 0.2) is 0 Å². The number of sulfonamides is 1. The lowest BCUT2D eigenvalue weighted by Crippen LogP contribution is -2.42. The van der Waals surface area contributed by atoms with Gasteiger partial charge in [-0.15, -0.1) is 0 Å². The van der Waals surface area contributed by atoms with Crippen LogP contribution in [0.5, 0.6) is 0 Å². The first-order chi connectivity index (χ1) is 12.9. The minimum absolute atomic E-state index is 0.228. The van der Waals surface area contributed by atoms with E-state index < -0.39 is 38.6 Å². The van der Waals surface area contributed by atoms with Crippen LogP contribution < -0.4 is 10.0 Å². The van der Waals surface area contributed by atoms with Crippen molar-refractivity contribution < 1.29 is 26.4 Å². The molecule has 1 atom stereocenters. The van der Waals surface area contributed by atoms with Crippen molar-refractivity contribution in [1.29, 1.82) is 0 Å². The van der Waals surface area contributed by atoms with Crippen LogP contribution in [0.15, 0.2) is 53.4 Å². The first-order valence-electron chi connectivity index (χ1n) is 8.51. The van der Waals surface area contributed by atoms with E-state index >= 15 is 0 Å². The van der Waals surface area contributed by atoms with Gasteiger partial charge in [0.25, 0.3) is 0 Å². The second-order valence-corrected chi connectivity index (χ2v) is 8.29. The van der Waals surface area contributed by atoms with Crippen LogP contribution in [0.2, 0.25) is 0 Å². The first-order valence-corrected chi connectivity index (χ1v) is 9.99. The number of hydrogen-bond donors (Lipinski definition) is 2. The van der Waals surface area contributed by atoms with Gasteiger partial charge in [0, 0.05) is 5.69 Å². The van der Waals surface area contributed by atoms with Crippen molar-refractivity contribution in [3.8, 4) is 0 Å². The fourth-order valence-corrected chi connectivity index (χ4v) is 3.94. The number of halogens is 3. The zero-order chi connectivity index (χ0) is 21.1. The second kappa shape index (κ2) is 8.32. The zero-order valence-electron chi connectivity index (χ0n) is 15.5. The van der Waals surface area contributed by atoms with Gasteiger partial charge in [0.2, 0.25) is 15.9 Å². The predicted octanol–water partition coefficient (Wildman–Crippen LogP) is 4.13. The molecule has 1 amide bonds. The fraction of sp³-hybridized carbons (Fsp3) is 0.316. The molecule has 9 heteroatoms. The van der Waals surface area contributed by atoms with Crippen LogP contribution in [0.1, 0.15) is 37.8 Å². The maximum absolute atomic E-state index is 13.1. The molecule has 0 heterocycles. The third-order valence-corrected chi connectivity index (χ3v) is 5.63. The zero-order valence-corrected chi connectivity index (χ0v) is 16.4. The molecule has 2 aromatic rings. The molecule has 0 saturated carbocycles. The Kier molecular flexibility index (Phi) is 6.51. The largest absolute Gasteiger partial charge is 0.417 e. The average Bonchev–Trinajstić information content (AvgIpc) is 2.60. The van der Waals surface area contributed by atoms with Crippen LogP contribution in [0.4, 0.5) is 18.9 Å². The number of rotatable bonds is 6. The molecule has 0 bridgehead atoms. The molecule has 152 valence electrons. The maximum Gasteiger partial charge on any atom is 0.417 e. The topological polar surface area (TPSA) is 75.3 Å². The Balaban J connectivity index is 2.19. The fourth-order valence-electron chi connectivity index (χ4n) is 2.51. The van der Waals surface area contributed by atoms with E-state index in [9.17, 15) is 26.4 Å². The Morgan fingerprint density at radius 2 is 1.64 bits per heavy atom. The van der Waals surface area contributed by atoms with Gasteiger partial charge < -0.3 is 5.32 Å². The van der Waals surface area contributed by atoms with Gasteiger partial charge >= 0.3 is 6.18 Å². The summed E-state index contributed by atoms with van der Waals surface area (Å²) < 4.78 is 66.1. The molecular weight excluding hydrogens is 393 g/mol. The van der Waals surface area contributed by atoms with E-state index in [1.54, 1.807) is 18.2 Å². The van der Waals surface area contributed by atoms with Gasteiger partial charge in [-0.25, -0.2) is 8.42 Å². The van der Waals surface area contributed by atoms with Crippen LogP contribution in [-0.4, -0.2) is 20.4 Å². The molecule has 2 N–H and O–H groups in total. The Bertz CT molecular complexity index is 957. The molecule has 0 aliphatic carbocycles. The van der Waals surface area contributed by atoms with E-state index in [0.717, 1.165) is 17.7 Å². The van der Waals surface area contributed by atoms with E-state index in [0.29, 0.717) is 11.8 Å². The summed E-state index contributed by atoms with van der Waals surface area (Å²) in [6.07, 6.45) is -4.84. The van der Waals surface area contributed by atoms with Crippen molar-refractivity contribution in [2.45, 2.75) is 43.8 Å². The van der Waals surface area contributed by atoms with Crippen molar-refractivity contribution in [3.63, 3.8) is 0 Å². The highest BCUT2D eigenvalue weighted by atomic mass is 32.2. The standard InChI is InChI=1S/C19H21F3N2O3S/c1-12(2)14-7-6-8-15(11-14)23-18(25)13(3)24-28(26,27)17-10-5-4-9-16(17)19(20,21)22/h4-13,24H,1-3H3,(H,23,25). The summed E-state index contributed by atoms with van der Waals surface area (Å²) in [4.78, 5) is 11.4. The number of amides is 1. The van der Waals surface area contributed by atoms with Crippen LogP contribution in [0.25, 0.3) is 0 Å².